The predicted octanol–water partition coefficient (Wildman–Crippen LogP) is 3.59. The highest BCUT2D eigenvalue weighted by molar-refractivity contribution is 7.89. The normalized spacial score (nSPS) is 20.3. The molecule has 2 fully saturated rings. The number of aryl methyl sites for hydroxylation is 2. The molecule has 43 heavy (non-hydrogen) atoms. The van der Waals surface area contributed by atoms with Gasteiger partial charge in [0, 0.05) is 72.3 Å². The number of nitrogens with zero attached hydrogens (tertiary/aromatic N) is 7. The molecule has 2 spiro atoms. The summed E-state index contributed by atoms with van der Waals surface area (Å²) in [7, 11) is 0.537. The topological polar surface area (TPSA) is 122 Å². The van der Waals surface area contributed by atoms with E-state index in [0.29, 0.717) is 25.9 Å². The molecule has 9 rings (SSSR count). The fourth-order valence-electron chi connectivity index (χ4n) is 8.56. The average Bonchev–Trinajstić information content (AvgIpc) is 3.75. The van der Waals surface area contributed by atoms with Gasteiger partial charge in [0.2, 0.25) is 15.9 Å². The maximum Gasteiger partial charge on any atom is 0.237 e. The predicted molar refractivity (Wildman–Crippen MR) is 163 cm³/mol. The van der Waals surface area contributed by atoms with E-state index in [1.807, 2.05) is 37.4 Å². The van der Waals surface area contributed by atoms with Gasteiger partial charge in [-0.15, -0.1) is 0 Å². The van der Waals surface area contributed by atoms with Gasteiger partial charge in [0.25, 0.3) is 0 Å². The van der Waals surface area contributed by atoms with Crippen LogP contribution in [0.1, 0.15) is 37.4 Å². The molecule has 12 heteroatoms. The van der Waals surface area contributed by atoms with Crippen LogP contribution >= 0.6 is 0 Å². The van der Waals surface area contributed by atoms with Crippen LogP contribution in [-0.2, 0) is 40.2 Å². The third-order valence-corrected chi connectivity index (χ3v) is 12.3. The number of likely N-dealkylation sites (N-methyl/N-ethyl adjacent to an activating group) is 1. The summed E-state index contributed by atoms with van der Waals surface area (Å²) < 4.78 is 30.6. The van der Waals surface area contributed by atoms with Gasteiger partial charge >= 0.3 is 0 Å². The van der Waals surface area contributed by atoms with E-state index in [4.69, 9.17) is 10.1 Å². The van der Waals surface area contributed by atoms with E-state index in [1.165, 1.54) is 5.69 Å². The lowest BCUT2D eigenvalue weighted by atomic mass is 9.48. The van der Waals surface area contributed by atoms with Crippen molar-refractivity contribution in [1.82, 2.24) is 33.8 Å². The second-order valence-corrected chi connectivity index (χ2v) is 15.2. The van der Waals surface area contributed by atoms with Gasteiger partial charge in [-0.25, -0.2) is 17.7 Å². The van der Waals surface area contributed by atoms with Gasteiger partial charge in [-0.3, -0.25) is 14.2 Å². The number of sulfonamides is 1. The quantitative estimate of drug-likeness (QED) is 0.339. The highest BCUT2D eigenvalue weighted by atomic mass is 32.2. The Balaban J connectivity index is 1.27. The Bertz CT molecular complexity index is 2140. The summed E-state index contributed by atoms with van der Waals surface area (Å²) in [5.41, 5.74) is 8.08. The number of hydrogen-bond donors (Lipinski definition) is 1. The van der Waals surface area contributed by atoms with Crippen LogP contribution in [0.3, 0.4) is 0 Å². The Labute approximate surface area is 248 Å². The first-order valence-corrected chi connectivity index (χ1v) is 16.5. The molecule has 1 saturated heterocycles. The summed E-state index contributed by atoms with van der Waals surface area (Å²) in [6.45, 7) is 3.56. The lowest BCUT2D eigenvalue weighted by Crippen LogP contribution is -2.69. The van der Waals surface area contributed by atoms with Crippen LogP contribution in [0, 0.1) is 5.41 Å². The molecule has 4 aliphatic rings. The maximum atomic E-state index is 14.1. The van der Waals surface area contributed by atoms with Crippen molar-refractivity contribution in [1.29, 1.82) is 0 Å². The van der Waals surface area contributed by atoms with E-state index < -0.39 is 15.4 Å². The van der Waals surface area contributed by atoms with E-state index in [-0.39, 0.29) is 17.1 Å². The average molecular weight is 597 g/mol. The Kier molecular flexibility index (Phi) is 4.81. The molecule has 7 heterocycles. The Morgan fingerprint density at radius 2 is 1.88 bits per heavy atom. The van der Waals surface area contributed by atoms with Crippen molar-refractivity contribution >= 4 is 43.6 Å². The number of H-pyrrole nitrogens is 1. The lowest BCUT2D eigenvalue weighted by Gasteiger charge is -2.62. The second-order valence-electron chi connectivity index (χ2n) is 13.0. The van der Waals surface area contributed by atoms with Gasteiger partial charge in [-0.2, -0.15) is 10.2 Å². The molecule has 0 atom stereocenters. The second kappa shape index (κ2) is 8.11. The van der Waals surface area contributed by atoms with Gasteiger partial charge in [0.15, 0.2) is 0 Å². The molecule has 1 amide bonds. The van der Waals surface area contributed by atoms with Crippen LogP contribution < -0.4 is 4.90 Å². The fraction of sp³-hybridized carbons (Fsp3) is 0.419. The Morgan fingerprint density at radius 1 is 1.07 bits per heavy atom. The van der Waals surface area contributed by atoms with Gasteiger partial charge in [0.05, 0.1) is 46.7 Å². The van der Waals surface area contributed by atoms with Crippen molar-refractivity contribution in [2.24, 2.45) is 12.5 Å². The number of aromatic nitrogens is 6. The molecule has 1 aromatic carbocycles. The summed E-state index contributed by atoms with van der Waals surface area (Å²) in [6.07, 6.45) is 8.95. The van der Waals surface area contributed by atoms with Crippen LogP contribution in [0.2, 0.25) is 0 Å². The number of pyridine rings is 1. The van der Waals surface area contributed by atoms with E-state index in [1.54, 1.807) is 16.1 Å². The summed E-state index contributed by atoms with van der Waals surface area (Å²) in [4.78, 5) is 24.4. The molecule has 5 aromatic rings. The molecular weight excluding hydrogens is 564 g/mol. The van der Waals surface area contributed by atoms with Crippen LogP contribution in [0.5, 0.6) is 0 Å². The number of fused-ring (bicyclic) bond motifs is 6. The molecular formula is C31H32N8O3S. The molecule has 0 bridgehead atoms. The number of rotatable bonds is 4. The third kappa shape index (κ3) is 3.15. The first kappa shape index (κ1) is 25.5. The van der Waals surface area contributed by atoms with Gasteiger partial charge in [-0.1, -0.05) is 6.07 Å². The van der Waals surface area contributed by atoms with Crippen molar-refractivity contribution in [3.63, 3.8) is 0 Å². The molecule has 4 aromatic heterocycles. The first-order chi connectivity index (χ1) is 20.6. The number of hydrogen-bond acceptors (Lipinski definition) is 6. The molecule has 0 radical (unpaired) electrons. The van der Waals surface area contributed by atoms with Crippen LogP contribution in [-0.4, -0.2) is 74.0 Å². The lowest BCUT2D eigenvalue weighted by molar-refractivity contribution is -0.139. The number of amides is 1. The first-order valence-electron chi connectivity index (χ1n) is 14.9. The molecule has 1 N–H and O–H groups in total. The van der Waals surface area contributed by atoms with Crippen molar-refractivity contribution in [3.05, 3.63) is 48.0 Å². The van der Waals surface area contributed by atoms with Crippen LogP contribution in [0.25, 0.3) is 44.3 Å². The number of aromatic amines is 1. The zero-order valence-electron chi connectivity index (χ0n) is 24.4. The highest BCUT2D eigenvalue weighted by Crippen LogP contribution is 2.66. The highest BCUT2D eigenvalue weighted by Gasteiger charge is 2.68. The van der Waals surface area contributed by atoms with E-state index in [9.17, 15) is 13.2 Å². The van der Waals surface area contributed by atoms with Crippen molar-refractivity contribution in [2.75, 3.05) is 30.8 Å². The summed E-state index contributed by atoms with van der Waals surface area (Å²) in [5, 5.41) is 11.2. The van der Waals surface area contributed by atoms with Crippen LogP contribution in [0.4, 0.5) is 5.69 Å². The molecule has 3 aliphatic heterocycles. The van der Waals surface area contributed by atoms with Crippen LogP contribution in [0.15, 0.2) is 36.8 Å². The molecule has 1 aliphatic carbocycles. The monoisotopic (exact) mass is 596 g/mol. The summed E-state index contributed by atoms with van der Waals surface area (Å²) >= 11 is 0. The fourth-order valence-corrected chi connectivity index (χ4v) is 9.87. The number of carbonyl (C=O) groups is 1. The molecule has 0 unspecified atom stereocenters. The molecule has 220 valence electrons. The SMILES string of the molecule is CCS(=O)(=O)N1CC2(C1)CC1(C2)C(=O)N(C)c2cnc3[nH]c(-c4cnn5c4CCC5)c(-c4ccc5c(cnn5C)c4)c3c21. The van der Waals surface area contributed by atoms with Crippen molar-refractivity contribution < 1.29 is 13.2 Å². The smallest absolute Gasteiger partial charge is 0.237 e. The molecule has 1 saturated carbocycles. The zero-order valence-corrected chi connectivity index (χ0v) is 25.2. The van der Waals surface area contributed by atoms with Gasteiger partial charge in [0.1, 0.15) is 5.65 Å². The maximum absolute atomic E-state index is 14.1. The van der Waals surface area contributed by atoms with E-state index >= 15 is 0 Å². The Hall–Kier alpha value is -4.03. The number of benzene rings is 1. The third-order valence-electron chi connectivity index (χ3n) is 10.5. The minimum Gasteiger partial charge on any atom is -0.339 e. The standard InChI is InChI=1S/C31H32N8O3S/c1-4-43(41,42)38-16-30(17-38)14-31(15-30)26-23(36(2)29(31)40)13-32-28-25(26)24(18-7-8-21-19(10-18)11-33-37(21)3)27(35-28)20-12-34-39-9-5-6-22(20)39/h7-8,10-13H,4-6,9,14-17H2,1-3H3,(H,32,35). The van der Waals surface area contributed by atoms with Crippen molar-refractivity contribution in [2.45, 2.75) is 44.6 Å². The number of anilines is 1. The summed E-state index contributed by atoms with van der Waals surface area (Å²) in [6, 6.07) is 6.41. The van der Waals surface area contributed by atoms with Gasteiger partial charge < -0.3 is 9.88 Å². The van der Waals surface area contributed by atoms with Gasteiger partial charge in [-0.05, 0) is 50.3 Å². The van der Waals surface area contributed by atoms with E-state index in [2.05, 4.69) is 33.0 Å². The number of nitrogens with one attached hydrogen (secondary N) is 1. The Morgan fingerprint density at radius 3 is 2.67 bits per heavy atom. The number of carbonyl (C=O) groups excluding carboxylic acids is 1. The minimum absolute atomic E-state index is 0.0714. The summed E-state index contributed by atoms with van der Waals surface area (Å²) in [5.74, 6) is 0.169. The van der Waals surface area contributed by atoms with E-state index in [0.717, 1.165) is 75.0 Å². The van der Waals surface area contributed by atoms with Crippen molar-refractivity contribution in [3.8, 4) is 22.4 Å². The zero-order chi connectivity index (χ0) is 29.5. The minimum atomic E-state index is -3.24. The molecule has 11 nitrogen and oxygen atoms in total. The largest absolute Gasteiger partial charge is 0.339 e.